The summed E-state index contributed by atoms with van der Waals surface area (Å²) in [4.78, 5) is 0. The molecule has 0 aliphatic rings. The maximum atomic E-state index is 6.18. The van der Waals surface area contributed by atoms with Gasteiger partial charge in [-0.3, -0.25) is 0 Å². The smallest absolute Gasteiger partial charge is 0.123 e. The normalized spacial score (nSPS) is 12.0. The molecule has 2 N–H and O–H groups in total. The summed E-state index contributed by atoms with van der Waals surface area (Å²) in [6.07, 6.45) is 0. The van der Waals surface area contributed by atoms with Crippen molar-refractivity contribution in [3.8, 4) is 11.5 Å². The summed E-state index contributed by atoms with van der Waals surface area (Å²) in [7, 11) is 1.65. The number of nitrogens with two attached hydrogens (primary N) is 1. The van der Waals surface area contributed by atoms with E-state index in [4.69, 9.17) is 15.2 Å². The molecule has 1 atom stereocenters. The van der Waals surface area contributed by atoms with Gasteiger partial charge in [0.1, 0.15) is 18.1 Å². The van der Waals surface area contributed by atoms with E-state index in [1.807, 2.05) is 36.4 Å². The van der Waals surface area contributed by atoms with Crippen molar-refractivity contribution in [1.82, 2.24) is 0 Å². The highest BCUT2D eigenvalue weighted by molar-refractivity contribution is 5.36. The molecular weight excluding hydrogens is 250 g/mol. The molecule has 2 aromatic rings. The molecular formula is C17H21NO2. The van der Waals surface area contributed by atoms with E-state index in [2.05, 4.69) is 19.9 Å². The van der Waals surface area contributed by atoms with E-state index in [1.54, 1.807) is 7.11 Å². The molecule has 3 nitrogen and oxygen atoms in total. The van der Waals surface area contributed by atoms with Crippen molar-refractivity contribution in [2.75, 3.05) is 13.7 Å². The van der Waals surface area contributed by atoms with Crippen LogP contribution in [-0.2, 0) is 0 Å². The molecule has 0 fully saturated rings. The maximum Gasteiger partial charge on any atom is 0.123 e. The second-order valence-electron chi connectivity index (χ2n) is 4.91. The van der Waals surface area contributed by atoms with Crippen LogP contribution in [0.1, 0.15) is 22.7 Å². The minimum absolute atomic E-state index is 0.215. The lowest BCUT2D eigenvalue weighted by molar-refractivity contribution is 0.286. The number of hydrogen-bond acceptors (Lipinski definition) is 3. The molecule has 0 spiro atoms. The van der Waals surface area contributed by atoms with E-state index in [0.29, 0.717) is 6.61 Å². The molecule has 0 amide bonds. The first-order valence-corrected chi connectivity index (χ1v) is 6.70. The first-order valence-electron chi connectivity index (χ1n) is 6.70. The van der Waals surface area contributed by atoms with E-state index in [9.17, 15) is 0 Å². The topological polar surface area (TPSA) is 44.5 Å². The van der Waals surface area contributed by atoms with Gasteiger partial charge in [-0.1, -0.05) is 24.3 Å². The van der Waals surface area contributed by atoms with Crippen LogP contribution in [0, 0.1) is 13.8 Å². The Labute approximate surface area is 120 Å². The van der Waals surface area contributed by atoms with Gasteiger partial charge in [-0.05, 0) is 43.2 Å². The van der Waals surface area contributed by atoms with E-state index in [-0.39, 0.29) is 6.04 Å². The summed E-state index contributed by atoms with van der Waals surface area (Å²) >= 11 is 0. The number of hydrogen-bond donors (Lipinski definition) is 1. The Kier molecular flexibility index (Phi) is 4.64. The van der Waals surface area contributed by atoms with Crippen LogP contribution >= 0.6 is 0 Å². The monoisotopic (exact) mass is 271 g/mol. The van der Waals surface area contributed by atoms with E-state index in [0.717, 1.165) is 17.1 Å². The molecule has 0 aliphatic heterocycles. The zero-order valence-electron chi connectivity index (χ0n) is 12.2. The second-order valence-corrected chi connectivity index (χ2v) is 4.91. The molecule has 0 heterocycles. The average Bonchev–Trinajstić information content (AvgIpc) is 2.48. The molecule has 2 aromatic carbocycles. The Morgan fingerprint density at radius 1 is 1.05 bits per heavy atom. The molecule has 0 bridgehead atoms. The van der Waals surface area contributed by atoms with Gasteiger partial charge in [0.25, 0.3) is 0 Å². The highest BCUT2D eigenvalue weighted by Gasteiger charge is 2.12. The highest BCUT2D eigenvalue weighted by atomic mass is 16.5. The maximum absolute atomic E-state index is 6.18. The highest BCUT2D eigenvalue weighted by Crippen LogP contribution is 2.24. The van der Waals surface area contributed by atoms with Gasteiger partial charge in [-0.2, -0.15) is 0 Å². The second kappa shape index (κ2) is 6.44. The average molecular weight is 271 g/mol. The van der Waals surface area contributed by atoms with Gasteiger partial charge in [-0.25, -0.2) is 0 Å². The predicted molar refractivity (Wildman–Crippen MR) is 81.3 cm³/mol. The minimum Gasteiger partial charge on any atom is -0.496 e. The minimum atomic E-state index is -0.215. The Bertz CT molecular complexity index is 581. The fraction of sp³-hybridized carbons (Fsp3) is 0.294. The van der Waals surface area contributed by atoms with E-state index in [1.165, 1.54) is 11.1 Å². The lowest BCUT2D eigenvalue weighted by Gasteiger charge is -2.16. The zero-order valence-corrected chi connectivity index (χ0v) is 12.2. The number of methoxy groups -OCH3 is 1. The van der Waals surface area contributed by atoms with Crippen molar-refractivity contribution >= 4 is 0 Å². The SMILES string of the molecule is COc1ccccc1C(N)COc1ccc(C)c(C)c1. The first-order chi connectivity index (χ1) is 9.61. The van der Waals surface area contributed by atoms with Gasteiger partial charge in [0.15, 0.2) is 0 Å². The summed E-state index contributed by atoms with van der Waals surface area (Å²) in [5.41, 5.74) is 9.61. The van der Waals surface area contributed by atoms with Crippen LogP contribution < -0.4 is 15.2 Å². The van der Waals surface area contributed by atoms with Crippen molar-refractivity contribution in [2.45, 2.75) is 19.9 Å². The van der Waals surface area contributed by atoms with E-state index < -0.39 is 0 Å². The fourth-order valence-corrected chi connectivity index (χ4v) is 2.05. The summed E-state index contributed by atoms with van der Waals surface area (Å²) in [6.45, 7) is 4.57. The van der Waals surface area contributed by atoms with Crippen LogP contribution in [0.25, 0.3) is 0 Å². The molecule has 2 rings (SSSR count). The van der Waals surface area contributed by atoms with Crippen LogP contribution in [0.15, 0.2) is 42.5 Å². The van der Waals surface area contributed by atoms with Crippen molar-refractivity contribution < 1.29 is 9.47 Å². The molecule has 3 heteroatoms. The standard InChI is InChI=1S/C17H21NO2/c1-12-8-9-14(10-13(12)2)20-11-16(18)15-6-4-5-7-17(15)19-3/h4-10,16H,11,18H2,1-3H3. The fourth-order valence-electron chi connectivity index (χ4n) is 2.05. The summed E-state index contributed by atoms with van der Waals surface area (Å²) in [5, 5.41) is 0. The van der Waals surface area contributed by atoms with Gasteiger partial charge >= 0.3 is 0 Å². The van der Waals surface area contributed by atoms with Crippen molar-refractivity contribution in [3.63, 3.8) is 0 Å². The number of aryl methyl sites for hydroxylation is 2. The first kappa shape index (κ1) is 14.4. The predicted octanol–water partition coefficient (Wildman–Crippen LogP) is 3.39. The number of benzene rings is 2. The zero-order chi connectivity index (χ0) is 14.5. The van der Waals surface area contributed by atoms with Gasteiger partial charge in [-0.15, -0.1) is 0 Å². The van der Waals surface area contributed by atoms with Crippen molar-refractivity contribution in [1.29, 1.82) is 0 Å². The molecule has 0 saturated heterocycles. The molecule has 0 radical (unpaired) electrons. The third-order valence-corrected chi connectivity index (χ3v) is 3.45. The third-order valence-electron chi connectivity index (χ3n) is 3.45. The van der Waals surface area contributed by atoms with Crippen LogP contribution in [0.4, 0.5) is 0 Å². The quantitative estimate of drug-likeness (QED) is 0.906. The summed E-state index contributed by atoms with van der Waals surface area (Å²) < 4.78 is 11.1. The Morgan fingerprint density at radius 3 is 2.50 bits per heavy atom. The number of ether oxygens (including phenoxy) is 2. The molecule has 0 aliphatic carbocycles. The number of para-hydroxylation sites is 1. The summed E-state index contributed by atoms with van der Waals surface area (Å²) in [5.74, 6) is 1.64. The molecule has 106 valence electrons. The van der Waals surface area contributed by atoms with Gasteiger partial charge in [0.05, 0.1) is 13.2 Å². The third kappa shape index (κ3) is 3.31. The lowest BCUT2D eigenvalue weighted by Crippen LogP contribution is -2.19. The Morgan fingerprint density at radius 2 is 1.80 bits per heavy atom. The van der Waals surface area contributed by atoms with Crippen LogP contribution in [0.3, 0.4) is 0 Å². The molecule has 0 saturated carbocycles. The van der Waals surface area contributed by atoms with Gasteiger partial charge in [0, 0.05) is 5.56 Å². The van der Waals surface area contributed by atoms with Crippen LogP contribution in [0.5, 0.6) is 11.5 Å². The summed E-state index contributed by atoms with van der Waals surface area (Å²) in [6, 6.07) is 13.6. The van der Waals surface area contributed by atoms with Crippen LogP contribution in [-0.4, -0.2) is 13.7 Å². The Hall–Kier alpha value is -2.00. The van der Waals surface area contributed by atoms with E-state index >= 15 is 0 Å². The Balaban J connectivity index is 2.04. The molecule has 0 aromatic heterocycles. The van der Waals surface area contributed by atoms with Crippen molar-refractivity contribution in [3.05, 3.63) is 59.2 Å². The largest absolute Gasteiger partial charge is 0.496 e. The van der Waals surface area contributed by atoms with Crippen molar-refractivity contribution in [2.24, 2.45) is 5.73 Å². The lowest BCUT2D eigenvalue weighted by atomic mass is 10.1. The molecule has 20 heavy (non-hydrogen) atoms. The van der Waals surface area contributed by atoms with Gasteiger partial charge < -0.3 is 15.2 Å². The van der Waals surface area contributed by atoms with Crippen LogP contribution in [0.2, 0.25) is 0 Å². The molecule has 1 unspecified atom stereocenters. The number of rotatable bonds is 5. The van der Waals surface area contributed by atoms with Gasteiger partial charge in [0.2, 0.25) is 0 Å².